The molecule has 0 amide bonds. The van der Waals surface area contributed by atoms with Gasteiger partial charge in [0.15, 0.2) is 0 Å². The lowest BCUT2D eigenvalue weighted by Crippen LogP contribution is -2.37. The Kier molecular flexibility index (Phi) is 6.61. The minimum Gasteiger partial charge on any atom is -0.279 e. The molecule has 1 aliphatic carbocycles. The molecule has 0 aromatic heterocycles. The van der Waals surface area contributed by atoms with Crippen molar-refractivity contribution in [2.45, 2.75) is 58.4 Å². The van der Waals surface area contributed by atoms with Crippen molar-refractivity contribution in [1.82, 2.24) is 4.67 Å². The molecule has 2 heteroatoms. The van der Waals surface area contributed by atoms with Crippen molar-refractivity contribution >= 4 is 8.07 Å². The fourth-order valence-corrected chi connectivity index (χ4v) is 4.33. The maximum Gasteiger partial charge on any atom is 0.0162 e. The average molecular weight is 241 g/mol. The molecule has 2 rings (SSSR count). The largest absolute Gasteiger partial charge is 0.279 e. The Morgan fingerprint density at radius 3 is 2.56 bits per heavy atom. The van der Waals surface area contributed by atoms with Crippen molar-refractivity contribution in [3.05, 3.63) is 11.9 Å². The third kappa shape index (κ3) is 3.57. The third-order valence-electron chi connectivity index (χ3n) is 3.87. The predicted octanol–water partition coefficient (Wildman–Crippen LogP) is 4.84. The van der Waals surface area contributed by atoms with Gasteiger partial charge in [0.25, 0.3) is 0 Å². The van der Waals surface area contributed by atoms with E-state index in [4.69, 9.17) is 0 Å². The summed E-state index contributed by atoms with van der Waals surface area (Å²) in [6, 6.07) is 0.893. The molecule has 0 radical (unpaired) electrons. The van der Waals surface area contributed by atoms with Crippen molar-refractivity contribution in [1.29, 1.82) is 0 Å². The van der Waals surface area contributed by atoms with Gasteiger partial charge in [-0.2, -0.15) is 0 Å². The predicted molar refractivity (Wildman–Crippen MR) is 76.1 cm³/mol. The lowest BCUT2D eigenvalue weighted by Gasteiger charge is -2.41. The summed E-state index contributed by atoms with van der Waals surface area (Å²) in [4.78, 5) is 0. The zero-order valence-corrected chi connectivity index (χ0v) is 12.3. The van der Waals surface area contributed by atoms with E-state index in [1.54, 1.807) is 0 Å². The van der Waals surface area contributed by atoms with Crippen LogP contribution in [0.4, 0.5) is 0 Å². The molecule has 0 aromatic carbocycles. The molecule has 1 aliphatic heterocycles. The van der Waals surface area contributed by atoms with E-state index in [0.29, 0.717) is 0 Å². The normalized spacial score (nSPS) is 37.4. The third-order valence-corrected chi connectivity index (χ3v) is 5.81. The quantitative estimate of drug-likeness (QED) is 0.549. The van der Waals surface area contributed by atoms with Gasteiger partial charge in [0.1, 0.15) is 0 Å². The van der Waals surface area contributed by atoms with Crippen LogP contribution < -0.4 is 0 Å². The summed E-state index contributed by atoms with van der Waals surface area (Å²) in [6.45, 7) is 6.39. The van der Waals surface area contributed by atoms with Gasteiger partial charge in [-0.25, -0.2) is 0 Å². The van der Waals surface area contributed by atoms with E-state index in [9.17, 15) is 0 Å². The first kappa shape index (κ1) is 14.2. The van der Waals surface area contributed by atoms with E-state index in [-0.39, 0.29) is 8.07 Å². The molecule has 16 heavy (non-hydrogen) atoms. The van der Waals surface area contributed by atoms with Crippen LogP contribution in [0.3, 0.4) is 0 Å². The molecule has 1 heterocycles. The summed E-state index contributed by atoms with van der Waals surface area (Å²) in [5.74, 6) is 3.43. The molecule has 1 saturated carbocycles. The van der Waals surface area contributed by atoms with Crippen LogP contribution in [-0.4, -0.2) is 24.4 Å². The molecule has 0 aromatic rings. The van der Waals surface area contributed by atoms with Gasteiger partial charge in [0.05, 0.1) is 0 Å². The standard InChI is InChI=1S/C12H22NP.C2H6/c1-13-12-9-4-3-7-11(12)8-5-6-10-14(13)2;1-2/h6,10-12H,3-5,7-9H2,1-2H3;1-2H3/b10-6-;/t11-,12-,14?;/m1./s1. The summed E-state index contributed by atoms with van der Waals surface area (Å²) in [6.07, 6.45) is 11.0. The van der Waals surface area contributed by atoms with E-state index in [2.05, 4.69) is 30.3 Å². The highest BCUT2D eigenvalue weighted by atomic mass is 31.1. The van der Waals surface area contributed by atoms with Gasteiger partial charge in [0.2, 0.25) is 0 Å². The fraction of sp³-hybridized carbons (Fsp3) is 0.857. The monoisotopic (exact) mass is 241 g/mol. The molecule has 0 bridgehead atoms. The first-order valence-corrected chi connectivity index (χ1v) is 8.72. The molecule has 1 fully saturated rings. The zero-order valence-electron chi connectivity index (χ0n) is 11.4. The van der Waals surface area contributed by atoms with Gasteiger partial charge in [-0.05, 0) is 53.4 Å². The second-order valence-electron chi connectivity index (χ2n) is 4.72. The van der Waals surface area contributed by atoms with Gasteiger partial charge >= 0.3 is 0 Å². The van der Waals surface area contributed by atoms with Crippen LogP contribution in [0, 0.1) is 5.92 Å². The molecular weight excluding hydrogens is 213 g/mol. The number of hydrogen-bond acceptors (Lipinski definition) is 1. The molecule has 1 nitrogen and oxygen atoms in total. The number of rotatable bonds is 0. The smallest absolute Gasteiger partial charge is 0.0162 e. The van der Waals surface area contributed by atoms with Crippen LogP contribution in [0.2, 0.25) is 0 Å². The van der Waals surface area contributed by atoms with Crippen LogP contribution >= 0.6 is 8.07 Å². The van der Waals surface area contributed by atoms with Crippen molar-refractivity contribution in [3.63, 3.8) is 0 Å². The summed E-state index contributed by atoms with van der Waals surface area (Å²) in [5, 5.41) is 0. The molecule has 2 aliphatic rings. The van der Waals surface area contributed by atoms with E-state index in [1.807, 2.05) is 13.8 Å². The highest BCUT2D eigenvalue weighted by molar-refractivity contribution is 7.57. The van der Waals surface area contributed by atoms with Crippen LogP contribution in [0.15, 0.2) is 11.9 Å². The van der Waals surface area contributed by atoms with Crippen molar-refractivity contribution in [3.8, 4) is 0 Å². The minimum atomic E-state index is 0.0127. The van der Waals surface area contributed by atoms with Crippen LogP contribution in [-0.2, 0) is 0 Å². The number of fused-ring (bicyclic) bond motifs is 1. The molecule has 0 saturated heterocycles. The van der Waals surface area contributed by atoms with Crippen LogP contribution in [0.25, 0.3) is 0 Å². The van der Waals surface area contributed by atoms with Crippen LogP contribution in [0.5, 0.6) is 0 Å². The van der Waals surface area contributed by atoms with Gasteiger partial charge < -0.3 is 0 Å². The maximum absolute atomic E-state index is 2.66. The van der Waals surface area contributed by atoms with Crippen molar-refractivity contribution in [2.75, 3.05) is 13.7 Å². The summed E-state index contributed by atoms with van der Waals surface area (Å²) in [7, 11) is 2.35. The summed E-state index contributed by atoms with van der Waals surface area (Å²) in [5.41, 5.74) is 0. The molecule has 94 valence electrons. The van der Waals surface area contributed by atoms with E-state index < -0.39 is 0 Å². The highest BCUT2D eigenvalue weighted by Crippen LogP contribution is 2.45. The van der Waals surface area contributed by atoms with Gasteiger partial charge in [-0.3, -0.25) is 4.67 Å². The summed E-state index contributed by atoms with van der Waals surface area (Å²) >= 11 is 0. The lowest BCUT2D eigenvalue weighted by atomic mass is 9.82. The maximum atomic E-state index is 2.66. The Bertz CT molecular complexity index is 215. The second kappa shape index (κ2) is 7.45. The number of allylic oxidation sites excluding steroid dienone is 1. The Labute approximate surface area is 103 Å². The molecule has 3 atom stereocenters. The van der Waals surface area contributed by atoms with Crippen molar-refractivity contribution in [2.24, 2.45) is 5.92 Å². The Hall–Kier alpha value is 0.130. The van der Waals surface area contributed by atoms with Crippen molar-refractivity contribution < 1.29 is 0 Å². The van der Waals surface area contributed by atoms with Gasteiger partial charge in [0, 0.05) is 6.04 Å². The van der Waals surface area contributed by atoms with E-state index >= 15 is 0 Å². The zero-order chi connectivity index (χ0) is 12.0. The molecular formula is C14H28NP. The first-order valence-electron chi connectivity index (χ1n) is 6.91. The van der Waals surface area contributed by atoms with E-state index in [0.717, 1.165) is 12.0 Å². The molecule has 0 N–H and O–H groups in total. The Balaban J connectivity index is 0.000000606. The molecule has 1 unspecified atom stereocenters. The second-order valence-corrected chi connectivity index (χ2v) is 6.80. The topological polar surface area (TPSA) is 3.24 Å². The highest BCUT2D eigenvalue weighted by Gasteiger charge is 2.30. The number of nitrogens with zero attached hydrogens (tertiary/aromatic N) is 1. The first-order chi connectivity index (χ1) is 7.79. The average Bonchev–Trinajstić information content (AvgIpc) is 2.35. The summed E-state index contributed by atoms with van der Waals surface area (Å²) < 4.78 is 2.66. The van der Waals surface area contributed by atoms with Gasteiger partial charge in [-0.1, -0.05) is 38.6 Å². The Morgan fingerprint density at radius 1 is 1.12 bits per heavy atom. The SMILES string of the molecule is CC.CN1[C@@H]2CCCC[C@@H]2CC/C=C\P1C. The fourth-order valence-electron chi connectivity index (χ4n) is 2.89. The van der Waals surface area contributed by atoms with Crippen LogP contribution in [0.1, 0.15) is 52.4 Å². The molecule has 0 spiro atoms. The lowest BCUT2D eigenvalue weighted by molar-refractivity contribution is 0.196. The Morgan fingerprint density at radius 2 is 1.81 bits per heavy atom. The number of hydrogen-bond donors (Lipinski definition) is 0. The van der Waals surface area contributed by atoms with E-state index in [1.165, 1.54) is 38.5 Å². The minimum absolute atomic E-state index is 0.0127. The van der Waals surface area contributed by atoms with Gasteiger partial charge in [-0.15, -0.1) is 0 Å².